The number of carbonyl (C=O) groups is 1. The lowest BCUT2D eigenvalue weighted by Crippen LogP contribution is -1.97. The number of hydrogen-bond donors (Lipinski definition) is 0. The number of aryl methyl sites for hydroxylation is 1. The molecule has 0 fully saturated rings. The van der Waals surface area contributed by atoms with Gasteiger partial charge in [0.05, 0.1) is 21.8 Å². The number of rotatable bonds is 2. The number of ketones is 1. The van der Waals surface area contributed by atoms with Gasteiger partial charge in [-0.25, -0.2) is 4.52 Å². The molecule has 78 valence electrons. The van der Waals surface area contributed by atoms with Gasteiger partial charge in [-0.1, -0.05) is 18.5 Å². The molecule has 0 N–H and O–H groups in total. The highest BCUT2D eigenvalue weighted by molar-refractivity contribution is 6.30. The molecule has 0 aliphatic rings. The summed E-state index contributed by atoms with van der Waals surface area (Å²) in [6.07, 6.45) is 2.20. The van der Waals surface area contributed by atoms with Gasteiger partial charge in [0.1, 0.15) is 0 Å². The van der Waals surface area contributed by atoms with Crippen molar-refractivity contribution in [2.45, 2.75) is 20.3 Å². The van der Waals surface area contributed by atoms with Crippen LogP contribution in [0, 0.1) is 6.92 Å². The largest absolute Gasteiger partial charge is 0.294 e. The zero-order valence-corrected chi connectivity index (χ0v) is 9.38. The summed E-state index contributed by atoms with van der Waals surface area (Å²) in [6.45, 7) is 3.69. The molecule has 0 saturated heterocycles. The van der Waals surface area contributed by atoms with Gasteiger partial charge < -0.3 is 0 Å². The van der Waals surface area contributed by atoms with Crippen molar-refractivity contribution in [2.75, 3.05) is 0 Å². The Morgan fingerprint density at radius 1 is 1.53 bits per heavy atom. The first-order valence-electron chi connectivity index (χ1n) is 4.81. The summed E-state index contributed by atoms with van der Waals surface area (Å²) < 4.78 is 1.65. The number of carbonyl (C=O) groups excluding carboxylic acids is 1. The van der Waals surface area contributed by atoms with Crippen LogP contribution in [0.15, 0.2) is 18.3 Å². The van der Waals surface area contributed by atoms with E-state index in [1.54, 1.807) is 16.8 Å². The number of nitrogens with zero attached hydrogens (tertiary/aromatic N) is 2. The van der Waals surface area contributed by atoms with Gasteiger partial charge in [0, 0.05) is 12.6 Å². The van der Waals surface area contributed by atoms with E-state index in [0.717, 1.165) is 11.2 Å². The number of pyridine rings is 1. The zero-order chi connectivity index (χ0) is 11.0. The van der Waals surface area contributed by atoms with Crippen LogP contribution >= 0.6 is 11.6 Å². The highest BCUT2D eigenvalue weighted by atomic mass is 35.5. The monoisotopic (exact) mass is 222 g/mol. The Labute approximate surface area is 92.7 Å². The first-order chi connectivity index (χ1) is 7.13. The van der Waals surface area contributed by atoms with Crippen LogP contribution in [0.2, 0.25) is 5.02 Å². The van der Waals surface area contributed by atoms with Gasteiger partial charge in [-0.15, -0.1) is 0 Å². The molecule has 0 saturated carbocycles. The van der Waals surface area contributed by atoms with Crippen molar-refractivity contribution >= 4 is 22.9 Å². The average Bonchev–Trinajstić information content (AvgIpc) is 2.52. The second-order valence-corrected chi connectivity index (χ2v) is 3.85. The van der Waals surface area contributed by atoms with Crippen LogP contribution in [0.3, 0.4) is 0 Å². The molecule has 2 aromatic heterocycles. The van der Waals surface area contributed by atoms with Crippen molar-refractivity contribution in [1.82, 2.24) is 9.61 Å². The van der Waals surface area contributed by atoms with Crippen molar-refractivity contribution < 1.29 is 4.79 Å². The second-order valence-electron chi connectivity index (χ2n) is 3.41. The third kappa shape index (κ3) is 1.63. The smallest absolute Gasteiger partial charge is 0.166 e. The van der Waals surface area contributed by atoms with Gasteiger partial charge in [-0.2, -0.15) is 5.10 Å². The molecule has 0 aliphatic carbocycles. The number of halogens is 1. The standard InChI is InChI=1S/C11H11ClN2O/c1-3-10(15)11-7(2)13-14-6-8(12)4-5-9(11)14/h4-6H,3H2,1-2H3. The summed E-state index contributed by atoms with van der Waals surface area (Å²) in [5.74, 6) is 0.116. The quantitative estimate of drug-likeness (QED) is 0.733. The summed E-state index contributed by atoms with van der Waals surface area (Å²) in [5.41, 5.74) is 2.28. The van der Waals surface area contributed by atoms with Gasteiger partial charge in [0.2, 0.25) is 0 Å². The molecule has 0 aliphatic heterocycles. The Bertz CT molecular complexity index is 531. The minimum atomic E-state index is 0.116. The Morgan fingerprint density at radius 2 is 2.27 bits per heavy atom. The predicted octanol–water partition coefficient (Wildman–Crippen LogP) is 2.89. The molecule has 15 heavy (non-hydrogen) atoms. The molecule has 0 unspecified atom stereocenters. The van der Waals surface area contributed by atoms with Gasteiger partial charge in [0.25, 0.3) is 0 Å². The van der Waals surface area contributed by atoms with E-state index in [-0.39, 0.29) is 5.78 Å². The molecule has 4 heteroatoms. The summed E-state index contributed by atoms with van der Waals surface area (Å²) in [6, 6.07) is 3.59. The second kappa shape index (κ2) is 3.66. The van der Waals surface area contributed by atoms with E-state index in [1.165, 1.54) is 0 Å². The van der Waals surface area contributed by atoms with E-state index in [1.807, 2.05) is 19.9 Å². The Balaban J connectivity index is 2.73. The minimum Gasteiger partial charge on any atom is -0.294 e. The fraction of sp³-hybridized carbons (Fsp3) is 0.273. The number of aromatic nitrogens is 2. The van der Waals surface area contributed by atoms with Gasteiger partial charge in [0.15, 0.2) is 5.78 Å². The summed E-state index contributed by atoms with van der Waals surface area (Å²) in [7, 11) is 0. The highest BCUT2D eigenvalue weighted by Crippen LogP contribution is 2.19. The Morgan fingerprint density at radius 3 is 2.93 bits per heavy atom. The van der Waals surface area contributed by atoms with Gasteiger partial charge in [-0.3, -0.25) is 4.79 Å². The van der Waals surface area contributed by atoms with E-state index < -0.39 is 0 Å². The molecule has 0 aromatic carbocycles. The Hall–Kier alpha value is -1.35. The van der Waals surface area contributed by atoms with E-state index in [2.05, 4.69) is 5.10 Å². The maximum atomic E-state index is 11.7. The first kappa shape index (κ1) is 10.2. The third-order valence-electron chi connectivity index (χ3n) is 2.37. The topological polar surface area (TPSA) is 34.4 Å². The van der Waals surface area contributed by atoms with E-state index >= 15 is 0 Å². The van der Waals surface area contributed by atoms with Crippen LogP contribution in [0.5, 0.6) is 0 Å². The lowest BCUT2D eigenvalue weighted by atomic mass is 10.1. The normalized spacial score (nSPS) is 10.9. The maximum absolute atomic E-state index is 11.7. The van der Waals surface area contributed by atoms with E-state index in [9.17, 15) is 4.79 Å². The molecule has 3 nitrogen and oxygen atoms in total. The van der Waals surface area contributed by atoms with E-state index in [4.69, 9.17) is 11.6 Å². The molecule has 2 heterocycles. The van der Waals surface area contributed by atoms with Crippen LogP contribution in [0.1, 0.15) is 29.4 Å². The van der Waals surface area contributed by atoms with Gasteiger partial charge in [-0.05, 0) is 19.1 Å². The third-order valence-corrected chi connectivity index (χ3v) is 2.59. The molecule has 0 spiro atoms. The van der Waals surface area contributed by atoms with Crippen molar-refractivity contribution in [3.05, 3.63) is 34.6 Å². The summed E-state index contributed by atoms with van der Waals surface area (Å²) in [4.78, 5) is 11.7. The lowest BCUT2D eigenvalue weighted by Gasteiger charge is -1.97. The van der Waals surface area contributed by atoms with Crippen LogP contribution in [-0.4, -0.2) is 15.4 Å². The molecule has 0 atom stereocenters. The SMILES string of the molecule is CCC(=O)c1c(C)nn2cc(Cl)ccc12. The lowest BCUT2D eigenvalue weighted by molar-refractivity contribution is 0.0989. The van der Waals surface area contributed by atoms with Crippen LogP contribution in [0.25, 0.3) is 5.52 Å². The van der Waals surface area contributed by atoms with Gasteiger partial charge >= 0.3 is 0 Å². The number of fused-ring (bicyclic) bond motifs is 1. The van der Waals surface area contributed by atoms with Crippen molar-refractivity contribution in [3.8, 4) is 0 Å². The minimum absolute atomic E-state index is 0.116. The number of hydrogen-bond acceptors (Lipinski definition) is 2. The van der Waals surface area contributed by atoms with Crippen LogP contribution in [0.4, 0.5) is 0 Å². The van der Waals surface area contributed by atoms with Crippen molar-refractivity contribution in [1.29, 1.82) is 0 Å². The Kier molecular flexibility index (Phi) is 2.49. The zero-order valence-electron chi connectivity index (χ0n) is 8.62. The van der Waals surface area contributed by atoms with Crippen LogP contribution < -0.4 is 0 Å². The number of Topliss-reactive ketones (excluding diaryl/α,β-unsaturated/α-hetero) is 1. The molecule has 2 aromatic rings. The fourth-order valence-corrected chi connectivity index (χ4v) is 1.82. The maximum Gasteiger partial charge on any atom is 0.166 e. The molecule has 0 amide bonds. The van der Waals surface area contributed by atoms with E-state index in [0.29, 0.717) is 17.0 Å². The molecule has 0 bridgehead atoms. The summed E-state index contributed by atoms with van der Waals surface area (Å²) >= 11 is 5.85. The molecule has 2 rings (SSSR count). The first-order valence-corrected chi connectivity index (χ1v) is 5.19. The van der Waals surface area contributed by atoms with Crippen molar-refractivity contribution in [3.63, 3.8) is 0 Å². The predicted molar refractivity (Wildman–Crippen MR) is 59.6 cm³/mol. The highest BCUT2D eigenvalue weighted by Gasteiger charge is 2.14. The molecule has 0 radical (unpaired) electrons. The summed E-state index contributed by atoms with van der Waals surface area (Å²) in [5, 5.41) is 4.87. The molecular formula is C11H11ClN2O. The van der Waals surface area contributed by atoms with Crippen molar-refractivity contribution in [2.24, 2.45) is 0 Å². The fourth-order valence-electron chi connectivity index (χ4n) is 1.66. The average molecular weight is 223 g/mol. The van der Waals surface area contributed by atoms with Crippen LogP contribution in [-0.2, 0) is 0 Å². The molecular weight excluding hydrogens is 212 g/mol.